The van der Waals surface area contributed by atoms with Gasteiger partial charge in [0.2, 0.25) is 0 Å². The Balaban J connectivity index is 2.26. The smallest absolute Gasteiger partial charge is 0.329 e. The van der Waals surface area contributed by atoms with Gasteiger partial charge in [0.15, 0.2) is 0 Å². The summed E-state index contributed by atoms with van der Waals surface area (Å²) in [6.45, 7) is 2.81. The molecule has 1 aromatic rings. The minimum atomic E-state index is -0.239. The lowest BCUT2D eigenvalue weighted by Gasteiger charge is -2.36. The molecule has 1 fully saturated rings. The topological polar surface area (TPSA) is 87.6 Å². The van der Waals surface area contributed by atoms with Crippen LogP contribution in [0.15, 0.2) is 4.79 Å². The summed E-state index contributed by atoms with van der Waals surface area (Å²) in [7, 11) is 0. The van der Waals surface area contributed by atoms with Crippen molar-refractivity contribution in [2.75, 3.05) is 6.54 Å². The molecule has 1 aliphatic carbocycles. The number of aromatic nitrogens is 3. The molecule has 5 nitrogen and oxygen atoms in total. The Labute approximate surface area is 88.5 Å². The standard InChI is InChI=1S/C10H18N4O/c1-7-2-4-10(6-11,5-3-7)8-12-9(15)14-13-8/h7H,2-6,11H2,1H3,(H2,12,13,14,15). The number of nitrogens with zero attached hydrogens (tertiary/aromatic N) is 1. The maximum absolute atomic E-state index is 11.0. The van der Waals surface area contributed by atoms with Crippen LogP contribution in [0.3, 0.4) is 0 Å². The quantitative estimate of drug-likeness (QED) is 0.664. The molecule has 0 bridgehead atoms. The molecule has 0 unspecified atom stereocenters. The molecule has 4 N–H and O–H groups in total. The molecule has 1 aliphatic rings. The van der Waals surface area contributed by atoms with Gasteiger partial charge in [-0.2, -0.15) is 5.10 Å². The van der Waals surface area contributed by atoms with Crippen LogP contribution in [0.1, 0.15) is 38.4 Å². The van der Waals surface area contributed by atoms with Crippen LogP contribution in [0, 0.1) is 5.92 Å². The van der Waals surface area contributed by atoms with Gasteiger partial charge in [-0.3, -0.25) is 4.98 Å². The van der Waals surface area contributed by atoms with E-state index in [0.717, 1.165) is 37.4 Å². The number of nitrogens with one attached hydrogen (secondary N) is 2. The van der Waals surface area contributed by atoms with Crippen molar-refractivity contribution in [1.82, 2.24) is 15.2 Å². The fraction of sp³-hybridized carbons (Fsp3) is 0.800. The van der Waals surface area contributed by atoms with E-state index in [9.17, 15) is 4.79 Å². The molecule has 0 aromatic carbocycles. The molecule has 0 atom stereocenters. The van der Waals surface area contributed by atoms with E-state index in [0.29, 0.717) is 6.54 Å². The van der Waals surface area contributed by atoms with Crippen molar-refractivity contribution in [3.8, 4) is 0 Å². The van der Waals surface area contributed by atoms with Gasteiger partial charge >= 0.3 is 5.69 Å². The monoisotopic (exact) mass is 210 g/mol. The fourth-order valence-corrected chi connectivity index (χ4v) is 2.37. The molecule has 0 amide bonds. The van der Waals surface area contributed by atoms with Crippen LogP contribution in [0.25, 0.3) is 0 Å². The van der Waals surface area contributed by atoms with Gasteiger partial charge in [0.25, 0.3) is 0 Å². The van der Waals surface area contributed by atoms with Gasteiger partial charge in [0, 0.05) is 12.0 Å². The van der Waals surface area contributed by atoms with Crippen molar-refractivity contribution in [1.29, 1.82) is 0 Å². The molecule has 0 aliphatic heterocycles. The predicted octanol–water partition coefficient (Wildman–Crippen LogP) is 0.505. The summed E-state index contributed by atoms with van der Waals surface area (Å²) in [5, 5.41) is 6.45. The number of nitrogens with two attached hydrogens (primary N) is 1. The van der Waals surface area contributed by atoms with Crippen molar-refractivity contribution in [3.63, 3.8) is 0 Å². The van der Waals surface area contributed by atoms with Gasteiger partial charge in [0.1, 0.15) is 5.82 Å². The maximum Gasteiger partial charge on any atom is 0.340 e. The van der Waals surface area contributed by atoms with Crippen molar-refractivity contribution in [3.05, 3.63) is 16.3 Å². The van der Waals surface area contributed by atoms with E-state index in [1.807, 2.05) is 0 Å². The van der Waals surface area contributed by atoms with Gasteiger partial charge in [-0.1, -0.05) is 6.92 Å². The number of H-pyrrole nitrogens is 2. The minimum absolute atomic E-state index is 0.105. The van der Waals surface area contributed by atoms with Gasteiger partial charge in [-0.05, 0) is 31.6 Å². The molecule has 0 saturated heterocycles. The van der Waals surface area contributed by atoms with Crippen molar-refractivity contribution in [2.45, 2.75) is 38.0 Å². The van der Waals surface area contributed by atoms with Gasteiger partial charge in [-0.25, -0.2) is 9.89 Å². The predicted molar refractivity (Wildman–Crippen MR) is 57.6 cm³/mol. The van der Waals surface area contributed by atoms with Crippen LogP contribution in [-0.2, 0) is 5.41 Å². The Morgan fingerprint density at radius 3 is 2.67 bits per heavy atom. The van der Waals surface area contributed by atoms with Crippen LogP contribution in [0.5, 0.6) is 0 Å². The highest BCUT2D eigenvalue weighted by molar-refractivity contribution is 5.09. The second-order valence-electron chi connectivity index (χ2n) is 4.69. The average Bonchev–Trinajstić information content (AvgIpc) is 2.67. The maximum atomic E-state index is 11.0. The first-order valence-electron chi connectivity index (χ1n) is 5.51. The van der Waals surface area contributed by atoms with Gasteiger partial charge in [-0.15, -0.1) is 0 Å². The van der Waals surface area contributed by atoms with Gasteiger partial charge < -0.3 is 5.73 Å². The normalized spacial score (nSPS) is 31.7. The average molecular weight is 210 g/mol. The lowest BCUT2D eigenvalue weighted by Crippen LogP contribution is -2.39. The van der Waals surface area contributed by atoms with E-state index >= 15 is 0 Å². The Bertz CT molecular complexity index is 373. The lowest BCUT2D eigenvalue weighted by atomic mass is 9.70. The number of rotatable bonds is 2. The van der Waals surface area contributed by atoms with Gasteiger partial charge in [0.05, 0.1) is 0 Å². The molecule has 1 heterocycles. The van der Waals surface area contributed by atoms with Crippen molar-refractivity contribution < 1.29 is 0 Å². The SMILES string of the molecule is CC1CCC(CN)(c2n[nH]c(=O)[nH]2)CC1. The highest BCUT2D eigenvalue weighted by atomic mass is 16.1. The molecular weight excluding hydrogens is 192 g/mol. The summed E-state index contributed by atoms with van der Waals surface area (Å²) in [5.74, 6) is 1.50. The van der Waals surface area contributed by atoms with Crippen LogP contribution in [-0.4, -0.2) is 21.7 Å². The summed E-state index contributed by atoms with van der Waals surface area (Å²) in [5.41, 5.74) is 5.50. The second kappa shape index (κ2) is 3.81. The third-order valence-corrected chi connectivity index (χ3v) is 3.63. The molecule has 1 saturated carbocycles. The number of hydrogen-bond acceptors (Lipinski definition) is 3. The summed E-state index contributed by atoms with van der Waals surface area (Å²) in [4.78, 5) is 13.8. The molecule has 15 heavy (non-hydrogen) atoms. The third kappa shape index (κ3) is 1.84. The van der Waals surface area contributed by atoms with Crippen LogP contribution in [0.4, 0.5) is 0 Å². The van der Waals surface area contributed by atoms with Crippen LogP contribution in [0.2, 0.25) is 0 Å². The van der Waals surface area contributed by atoms with E-state index in [-0.39, 0.29) is 11.1 Å². The number of aromatic amines is 2. The highest BCUT2D eigenvalue weighted by Crippen LogP contribution is 2.38. The van der Waals surface area contributed by atoms with Crippen LogP contribution >= 0.6 is 0 Å². The molecule has 2 rings (SSSR count). The third-order valence-electron chi connectivity index (χ3n) is 3.63. The Kier molecular flexibility index (Phi) is 2.65. The zero-order chi connectivity index (χ0) is 10.9. The van der Waals surface area contributed by atoms with Crippen molar-refractivity contribution >= 4 is 0 Å². The van der Waals surface area contributed by atoms with E-state index in [4.69, 9.17) is 5.73 Å². The van der Waals surface area contributed by atoms with Crippen molar-refractivity contribution in [2.24, 2.45) is 11.7 Å². The number of hydrogen-bond donors (Lipinski definition) is 3. The largest absolute Gasteiger partial charge is 0.340 e. The Hall–Kier alpha value is -1.10. The minimum Gasteiger partial charge on any atom is -0.329 e. The lowest BCUT2D eigenvalue weighted by molar-refractivity contribution is 0.237. The molecule has 1 aromatic heterocycles. The summed E-state index contributed by atoms with van der Waals surface area (Å²) < 4.78 is 0. The Morgan fingerprint density at radius 2 is 2.20 bits per heavy atom. The molecule has 0 radical (unpaired) electrons. The summed E-state index contributed by atoms with van der Waals surface area (Å²) >= 11 is 0. The second-order valence-corrected chi connectivity index (χ2v) is 4.69. The molecular formula is C10H18N4O. The van der Waals surface area contributed by atoms with E-state index in [1.54, 1.807) is 0 Å². The first-order valence-corrected chi connectivity index (χ1v) is 5.51. The van der Waals surface area contributed by atoms with Crippen LogP contribution < -0.4 is 11.4 Å². The summed E-state index contributed by atoms with van der Waals surface area (Å²) in [6, 6.07) is 0. The highest BCUT2D eigenvalue weighted by Gasteiger charge is 2.37. The molecule has 5 heteroatoms. The van der Waals surface area contributed by atoms with E-state index < -0.39 is 0 Å². The molecule has 0 spiro atoms. The first kappa shape index (κ1) is 10.4. The fourth-order valence-electron chi connectivity index (χ4n) is 2.37. The van der Waals surface area contributed by atoms with E-state index in [1.165, 1.54) is 0 Å². The zero-order valence-corrected chi connectivity index (χ0v) is 9.05. The zero-order valence-electron chi connectivity index (χ0n) is 9.05. The Morgan fingerprint density at radius 1 is 1.53 bits per heavy atom. The van der Waals surface area contributed by atoms with E-state index in [2.05, 4.69) is 22.1 Å². The summed E-state index contributed by atoms with van der Waals surface area (Å²) in [6.07, 6.45) is 4.36. The first-order chi connectivity index (χ1) is 7.16. The molecule has 84 valence electrons.